The maximum Gasteiger partial charge on any atom is 0.272 e. The number of aryl methyl sites for hydroxylation is 1. The molecule has 0 radical (unpaired) electrons. The van der Waals surface area contributed by atoms with Gasteiger partial charge in [0.25, 0.3) is 11.8 Å². The molecule has 1 aromatic carbocycles. The van der Waals surface area contributed by atoms with Crippen LogP contribution in [0.1, 0.15) is 49.7 Å². The highest BCUT2D eigenvalue weighted by atomic mass is 32.1. The fourth-order valence-corrected chi connectivity index (χ4v) is 6.39. The monoisotopic (exact) mass is 449 g/mol. The molecule has 2 N–H and O–H groups in total. The summed E-state index contributed by atoms with van der Waals surface area (Å²) in [5, 5.41) is 8.53. The average molecular weight is 450 g/mol. The Labute approximate surface area is 188 Å². The van der Waals surface area contributed by atoms with E-state index in [1.54, 1.807) is 29.7 Å². The van der Waals surface area contributed by atoms with E-state index in [1.165, 1.54) is 4.88 Å². The fourth-order valence-electron chi connectivity index (χ4n) is 4.29. The molecule has 7 heteroatoms. The maximum atomic E-state index is 13.4. The molecule has 0 spiro atoms. The quantitative estimate of drug-likeness (QED) is 0.434. The van der Waals surface area contributed by atoms with E-state index in [2.05, 4.69) is 33.4 Å². The molecule has 3 aromatic heterocycles. The van der Waals surface area contributed by atoms with E-state index < -0.39 is 0 Å². The Bertz CT molecular complexity index is 1270. The zero-order chi connectivity index (χ0) is 21.4. The van der Waals surface area contributed by atoms with Crippen LogP contribution in [-0.4, -0.2) is 23.4 Å². The molecule has 4 aromatic rings. The molecule has 0 fully saturated rings. The molecule has 1 aliphatic rings. The number of hydrogen-bond acceptors (Lipinski definition) is 4. The van der Waals surface area contributed by atoms with E-state index in [0.717, 1.165) is 47.0 Å². The van der Waals surface area contributed by atoms with Crippen molar-refractivity contribution in [1.82, 2.24) is 9.88 Å². The summed E-state index contributed by atoms with van der Waals surface area (Å²) in [4.78, 5) is 27.3. The number of benzene rings is 1. The number of hydrogen-bond donors (Lipinski definition) is 2. The Kier molecular flexibility index (Phi) is 5.38. The van der Waals surface area contributed by atoms with Crippen LogP contribution in [0.2, 0.25) is 0 Å². The van der Waals surface area contributed by atoms with Crippen LogP contribution in [-0.2, 0) is 19.4 Å². The highest BCUT2D eigenvalue weighted by Gasteiger charge is 2.27. The molecule has 158 valence electrons. The summed E-state index contributed by atoms with van der Waals surface area (Å²) in [5.74, 6) is -0.307. The van der Waals surface area contributed by atoms with Gasteiger partial charge in [-0.05, 0) is 54.3 Å². The van der Waals surface area contributed by atoms with Crippen LogP contribution in [0.3, 0.4) is 0 Å². The molecule has 0 saturated carbocycles. The van der Waals surface area contributed by atoms with Gasteiger partial charge in [0.1, 0.15) is 10.7 Å². The highest BCUT2D eigenvalue weighted by Crippen LogP contribution is 2.38. The minimum absolute atomic E-state index is 0.129. The summed E-state index contributed by atoms with van der Waals surface area (Å²) < 4.78 is 3.14. The van der Waals surface area contributed by atoms with Crippen LogP contribution in [0.15, 0.2) is 47.8 Å². The maximum absolute atomic E-state index is 13.4. The zero-order valence-corrected chi connectivity index (χ0v) is 18.9. The Hall–Kier alpha value is -2.90. The van der Waals surface area contributed by atoms with Gasteiger partial charge >= 0.3 is 0 Å². The summed E-state index contributed by atoms with van der Waals surface area (Å²) in [5.41, 5.74) is 4.54. The topological polar surface area (TPSA) is 63.1 Å². The molecule has 3 heterocycles. The van der Waals surface area contributed by atoms with Crippen molar-refractivity contribution < 1.29 is 9.59 Å². The molecule has 0 atom stereocenters. The highest BCUT2D eigenvalue weighted by molar-refractivity contribution is 7.17. The van der Waals surface area contributed by atoms with Crippen LogP contribution in [0.5, 0.6) is 0 Å². The second-order valence-corrected chi connectivity index (χ2v) is 9.77. The third kappa shape index (κ3) is 3.68. The van der Waals surface area contributed by atoms with E-state index in [-0.39, 0.29) is 11.8 Å². The van der Waals surface area contributed by atoms with Crippen molar-refractivity contribution in [3.8, 4) is 0 Å². The molecule has 0 aliphatic heterocycles. The van der Waals surface area contributed by atoms with Gasteiger partial charge < -0.3 is 15.2 Å². The lowest BCUT2D eigenvalue weighted by molar-refractivity contribution is 0.0963. The van der Waals surface area contributed by atoms with Crippen LogP contribution in [0.4, 0.5) is 5.00 Å². The Balaban J connectivity index is 1.52. The van der Waals surface area contributed by atoms with E-state index in [1.807, 2.05) is 29.6 Å². The molecule has 0 bridgehead atoms. The number of rotatable bonds is 5. The van der Waals surface area contributed by atoms with Gasteiger partial charge in [-0.3, -0.25) is 9.59 Å². The van der Waals surface area contributed by atoms with Crippen molar-refractivity contribution in [2.75, 3.05) is 12.4 Å². The van der Waals surface area contributed by atoms with Crippen molar-refractivity contribution >= 4 is 49.7 Å². The smallest absolute Gasteiger partial charge is 0.272 e. The number of thiophene rings is 2. The lowest BCUT2D eigenvalue weighted by Gasteiger charge is -2.13. The van der Waals surface area contributed by atoms with Gasteiger partial charge in [-0.15, -0.1) is 22.7 Å². The molecular formula is C24H23N3O2S2. The van der Waals surface area contributed by atoms with Crippen molar-refractivity contribution in [1.29, 1.82) is 0 Å². The molecule has 0 unspecified atom stereocenters. The molecule has 31 heavy (non-hydrogen) atoms. The summed E-state index contributed by atoms with van der Waals surface area (Å²) >= 11 is 3.18. The van der Waals surface area contributed by atoms with Crippen LogP contribution < -0.4 is 10.6 Å². The first-order valence-corrected chi connectivity index (χ1v) is 12.1. The molecule has 2 amide bonds. The Morgan fingerprint density at radius 1 is 1.06 bits per heavy atom. The number of fused-ring (bicyclic) bond motifs is 2. The lowest BCUT2D eigenvalue weighted by atomic mass is 9.95. The van der Waals surface area contributed by atoms with Gasteiger partial charge in [-0.25, -0.2) is 0 Å². The lowest BCUT2D eigenvalue weighted by Crippen LogP contribution is -2.23. The standard InChI is InChI=1S/C24H23N3O2S2/c1-25-23(29)21-16-9-5-6-10-19(16)31-24(21)26-22(28)18-13-20-17(11-12-30-20)27(18)14-15-7-3-2-4-8-15/h2-4,7-8,11-13H,5-6,9-10,14H2,1H3,(H,25,29)(H,26,28). The first kappa shape index (κ1) is 20.0. The second-order valence-electron chi connectivity index (χ2n) is 7.72. The SMILES string of the molecule is CNC(=O)c1c(NC(=O)c2cc3sccc3n2Cc2ccccc2)sc2c1CCCC2. The second kappa shape index (κ2) is 8.32. The van der Waals surface area contributed by atoms with Crippen LogP contribution in [0.25, 0.3) is 10.2 Å². The number of amides is 2. The first-order valence-electron chi connectivity index (χ1n) is 10.4. The normalized spacial score (nSPS) is 13.2. The van der Waals surface area contributed by atoms with Crippen LogP contribution in [0, 0.1) is 0 Å². The van der Waals surface area contributed by atoms with Crippen molar-refractivity contribution in [2.24, 2.45) is 0 Å². The predicted octanol–water partition coefficient (Wildman–Crippen LogP) is 5.30. The van der Waals surface area contributed by atoms with Gasteiger partial charge in [0.05, 0.1) is 15.8 Å². The van der Waals surface area contributed by atoms with Gasteiger partial charge in [-0.2, -0.15) is 0 Å². The summed E-state index contributed by atoms with van der Waals surface area (Å²) in [6.45, 7) is 0.618. The molecule has 5 rings (SSSR count). The molecule has 5 nitrogen and oxygen atoms in total. The van der Waals surface area contributed by atoms with Gasteiger partial charge in [0.2, 0.25) is 0 Å². The van der Waals surface area contributed by atoms with Crippen LogP contribution >= 0.6 is 22.7 Å². The summed E-state index contributed by atoms with van der Waals surface area (Å²) in [6.07, 6.45) is 4.08. The predicted molar refractivity (Wildman–Crippen MR) is 128 cm³/mol. The number of nitrogens with one attached hydrogen (secondary N) is 2. The minimum atomic E-state index is -0.178. The first-order chi connectivity index (χ1) is 15.2. The van der Waals surface area contributed by atoms with E-state index >= 15 is 0 Å². The van der Waals surface area contributed by atoms with Gasteiger partial charge in [0, 0.05) is 18.5 Å². The Morgan fingerprint density at radius 3 is 2.68 bits per heavy atom. The van der Waals surface area contributed by atoms with E-state index in [4.69, 9.17) is 0 Å². The largest absolute Gasteiger partial charge is 0.355 e. The Morgan fingerprint density at radius 2 is 1.87 bits per heavy atom. The van der Waals surface area contributed by atoms with Crippen molar-refractivity contribution in [2.45, 2.75) is 32.2 Å². The van der Waals surface area contributed by atoms with Gasteiger partial charge in [-0.1, -0.05) is 30.3 Å². The summed E-state index contributed by atoms with van der Waals surface area (Å²) in [7, 11) is 1.64. The minimum Gasteiger partial charge on any atom is -0.355 e. The molecule has 1 aliphatic carbocycles. The number of nitrogens with zero attached hydrogens (tertiary/aromatic N) is 1. The summed E-state index contributed by atoms with van der Waals surface area (Å²) in [6, 6.07) is 14.1. The molecule has 0 saturated heterocycles. The fraction of sp³-hybridized carbons (Fsp3) is 0.250. The third-order valence-corrected chi connectivity index (χ3v) is 7.85. The average Bonchev–Trinajstić information content (AvgIpc) is 3.48. The van der Waals surface area contributed by atoms with Gasteiger partial charge in [0.15, 0.2) is 0 Å². The number of carbonyl (C=O) groups excluding carboxylic acids is 2. The molecular weight excluding hydrogens is 426 g/mol. The van der Waals surface area contributed by atoms with E-state index in [0.29, 0.717) is 22.8 Å². The van der Waals surface area contributed by atoms with Crippen molar-refractivity contribution in [3.05, 3.63) is 75.1 Å². The number of anilines is 1. The zero-order valence-electron chi connectivity index (χ0n) is 17.2. The number of aromatic nitrogens is 1. The number of carbonyl (C=O) groups is 2. The van der Waals surface area contributed by atoms with Crippen molar-refractivity contribution in [3.63, 3.8) is 0 Å². The van der Waals surface area contributed by atoms with E-state index in [9.17, 15) is 9.59 Å². The third-order valence-electron chi connectivity index (χ3n) is 5.79.